The second-order valence-corrected chi connectivity index (χ2v) is 16.5. The van der Waals surface area contributed by atoms with Crippen molar-refractivity contribution in [3.63, 3.8) is 0 Å². The molecular formula is C34H64N6O15S. The molecule has 1 saturated carbocycles. The van der Waals surface area contributed by atoms with Gasteiger partial charge in [-0.15, -0.1) is 0 Å². The Hall–Kier alpha value is -1.84. The number of hydrogen-bond acceptors (Lipinski definition) is 19. The van der Waals surface area contributed by atoms with Crippen molar-refractivity contribution in [2.24, 2.45) is 22.6 Å². The second-order valence-electron chi connectivity index (χ2n) is 15.2. The van der Waals surface area contributed by atoms with Gasteiger partial charge < -0.3 is 93.0 Å². The van der Waals surface area contributed by atoms with E-state index >= 15 is 0 Å². The van der Waals surface area contributed by atoms with E-state index in [9.17, 15) is 55.2 Å². The molecule has 3 rings (SSSR count). The first-order valence-corrected chi connectivity index (χ1v) is 20.2. The van der Waals surface area contributed by atoms with Crippen LogP contribution < -0.4 is 33.2 Å². The highest BCUT2D eigenvalue weighted by Gasteiger charge is 2.52. The predicted octanol–water partition coefficient (Wildman–Crippen LogP) is -6.20. The molecule has 2 heterocycles. The SMILES string of the molecule is CC(C)(CO)[C@@H](O)C(=O)NCCC(=O)NCCSCCCCCC(=O)NC[C@H]1O[C@H](OC2[C@@H](N)C[C@@H](N)[C@H](O)[C@H]2OC2O[C@@H](CO)[C@H](O)[C@@H]2O)[C@H](N)[C@@H](O)[C@@H]1O. The summed E-state index contributed by atoms with van der Waals surface area (Å²) in [4.78, 5) is 36.6. The number of nitrogens with one attached hydrogen (secondary N) is 3. The normalized spacial score (nSPS) is 35.5. The van der Waals surface area contributed by atoms with Crippen molar-refractivity contribution in [3.05, 3.63) is 0 Å². The molecule has 0 aromatic heterocycles. The van der Waals surface area contributed by atoms with E-state index in [1.165, 1.54) is 0 Å². The van der Waals surface area contributed by atoms with Crippen LogP contribution in [0.1, 0.15) is 52.4 Å². The van der Waals surface area contributed by atoms with E-state index in [1.807, 2.05) is 0 Å². The van der Waals surface area contributed by atoms with Crippen LogP contribution in [0.4, 0.5) is 0 Å². The molecule has 326 valence electrons. The minimum absolute atomic E-state index is 0.0499. The van der Waals surface area contributed by atoms with Crippen molar-refractivity contribution in [3.8, 4) is 0 Å². The molecule has 2 saturated heterocycles. The molecule has 17 N–H and O–H groups in total. The van der Waals surface area contributed by atoms with Crippen LogP contribution in [0.5, 0.6) is 0 Å². The van der Waals surface area contributed by atoms with Gasteiger partial charge in [0, 0.05) is 55.7 Å². The Morgan fingerprint density at radius 3 is 2.05 bits per heavy atom. The standard InChI is InChI=1S/C34H64N6O15S/c1-34(2,15-42)30(50)31(51)39-8-7-21(44)38-9-11-56-10-5-3-4-6-20(43)40-13-18-24(46)26(48)22(37)32(52-18)54-28-17(36)12-16(35)23(45)29(28)55-33-27(49)25(47)19(14-41)53-33/h16-19,22-30,32-33,41-42,45-50H,3-15,35-37H2,1-2H3,(H,38,44)(H,39,51)(H,40,43)/t16-,17+,18-,19+,22-,23+,24-,25+,26-,27+,28?,29-,30+,32-,33?/m1/s1. The molecule has 0 aromatic carbocycles. The fourth-order valence-corrected chi connectivity index (χ4v) is 7.26. The highest BCUT2D eigenvalue weighted by molar-refractivity contribution is 7.99. The smallest absolute Gasteiger partial charge is 0.249 e. The van der Waals surface area contributed by atoms with Gasteiger partial charge in [-0.05, 0) is 25.0 Å². The molecule has 3 amide bonds. The Morgan fingerprint density at radius 2 is 1.39 bits per heavy atom. The van der Waals surface area contributed by atoms with Gasteiger partial charge >= 0.3 is 0 Å². The molecule has 22 heteroatoms. The molecule has 3 aliphatic rings. The summed E-state index contributed by atoms with van der Waals surface area (Å²) in [5.41, 5.74) is 17.5. The van der Waals surface area contributed by atoms with E-state index < -0.39 is 110 Å². The number of rotatable bonds is 22. The maximum absolute atomic E-state index is 12.6. The predicted molar refractivity (Wildman–Crippen MR) is 199 cm³/mol. The number of ether oxygens (including phenoxy) is 4. The quantitative estimate of drug-likeness (QED) is 0.0451. The third-order valence-electron chi connectivity index (χ3n) is 10.2. The van der Waals surface area contributed by atoms with Crippen molar-refractivity contribution in [2.75, 3.05) is 44.4 Å². The first-order valence-electron chi connectivity index (χ1n) is 19.0. The zero-order chi connectivity index (χ0) is 41.7. The van der Waals surface area contributed by atoms with Gasteiger partial charge in [-0.2, -0.15) is 11.8 Å². The summed E-state index contributed by atoms with van der Waals surface area (Å²) in [5, 5.41) is 89.5. The van der Waals surface area contributed by atoms with Crippen LogP contribution in [0, 0.1) is 5.41 Å². The number of thioether (sulfide) groups is 1. The summed E-state index contributed by atoms with van der Waals surface area (Å²) in [6, 6.07) is -3.01. The summed E-state index contributed by atoms with van der Waals surface area (Å²) >= 11 is 1.64. The van der Waals surface area contributed by atoms with Crippen LogP contribution in [0.25, 0.3) is 0 Å². The molecule has 0 radical (unpaired) electrons. The molecule has 0 aromatic rings. The van der Waals surface area contributed by atoms with Gasteiger partial charge in [0.1, 0.15) is 54.9 Å². The lowest BCUT2D eigenvalue weighted by molar-refractivity contribution is -0.307. The van der Waals surface area contributed by atoms with Gasteiger partial charge in [0.25, 0.3) is 0 Å². The molecule has 3 fully saturated rings. The molecule has 2 aliphatic heterocycles. The van der Waals surface area contributed by atoms with Crippen molar-refractivity contribution in [1.82, 2.24) is 16.0 Å². The third-order valence-corrected chi connectivity index (χ3v) is 11.3. The summed E-state index contributed by atoms with van der Waals surface area (Å²) < 4.78 is 23.1. The van der Waals surface area contributed by atoms with Crippen LogP contribution in [0.15, 0.2) is 0 Å². The van der Waals surface area contributed by atoms with Gasteiger partial charge in [-0.3, -0.25) is 14.4 Å². The van der Waals surface area contributed by atoms with Gasteiger partial charge in [0.15, 0.2) is 12.6 Å². The summed E-state index contributed by atoms with van der Waals surface area (Å²) in [5.74, 6) is 0.288. The number of unbranched alkanes of at least 4 members (excludes halogenated alkanes) is 2. The second kappa shape index (κ2) is 23.1. The number of nitrogens with two attached hydrogens (primary N) is 3. The zero-order valence-corrected chi connectivity index (χ0v) is 32.7. The van der Waals surface area contributed by atoms with Crippen LogP contribution in [0.3, 0.4) is 0 Å². The molecule has 15 atom stereocenters. The van der Waals surface area contributed by atoms with E-state index in [0.717, 1.165) is 18.6 Å². The Kier molecular flexibility index (Phi) is 20.0. The van der Waals surface area contributed by atoms with E-state index in [4.69, 9.17) is 36.1 Å². The molecule has 21 nitrogen and oxygen atoms in total. The molecule has 2 unspecified atom stereocenters. The third kappa shape index (κ3) is 13.6. The summed E-state index contributed by atoms with van der Waals surface area (Å²) in [7, 11) is 0. The first kappa shape index (κ1) is 48.5. The number of carbonyl (C=O) groups excluding carboxylic acids is 3. The zero-order valence-electron chi connectivity index (χ0n) is 31.9. The van der Waals surface area contributed by atoms with Crippen LogP contribution in [-0.2, 0) is 33.3 Å². The lowest BCUT2D eigenvalue weighted by Gasteiger charge is -2.47. The highest BCUT2D eigenvalue weighted by atomic mass is 32.2. The van der Waals surface area contributed by atoms with E-state index in [0.29, 0.717) is 18.7 Å². The van der Waals surface area contributed by atoms with Crippen molar-refractivity contribution >= 4 is 29.5 Å². The van der Waals surface area contributed by atoms with Gasteiger partial charge in [-0.25, -0.2) is 0 Å². The van der Waals surface area contributed by atoms with Crippen molar-refractivity contribution in [2.45, 2.75) is 144 Å². The van der Waals surface area contributed by atoms with Gasteiger partial charge in [0.2, 0.25) is 17.7 Å². The average molecular weight is 829 g/mol. The first-order chi connectivity index (χ1) is 26.4. The lowest BCUT2D eigenvalue weighted by atomic mass is 9.84. The minimum atomic E-state index is -1.58. The molecular weight excluding hydrogens is 764 g/mol. The van der Waals surface area contributed by atoms with Gasteiger partial charge in [-0.1, -0.05) is 20.3 Å². The summed E-state index contributed by atoms with van der Waals surface area (Å²) in [6.45, 7) is 2.45. The monoisotopic (exact) mass is 828 g/mol. The number of hydrogen-bond donors (Lipinski definition) is 14. The van der Waals surface area contributed by atoms with E-state index in [-0.39, 0.29) is 50.8 Å². The number of amides is 3. The highest BCUT2D eigenvalue weighted by Crippen LogP contribution is 2.32. The molecule has 0 bridgehead atoms. The number of aliphatic hydroxyl groups is 8. The Balaban J connectivity index is 1.34. The Bertz CT molecular complexity index is 1230. The lowest BCUT2D eigenvalue weighted by Crippen LogP contribution is -2.68. The average Bonchev–Trinajstić information content (AvgIpc) is 3.44. The molecule has 56 heavy (non-hydrogen) atoms. The number of aliphatic hydroxyl groups excluding tert-OH is 8. The Morgan fingerprint density at radius 1 is 0.750 bits per heavy atom. The van der Waals surface area contributed by atoms with Gasteiger partial charge in [0.05, 0.1) is 25.4 Å². The fraction of sp³-hybridized carbons (Fsp3) is 0.912. The number of carbonyl (C=O) groups is 3. The minimum Gasteiger partial charge on any atom is -0.396 e. The molecule has 0 spiro atoms. The molecule has 1 aliphatic carbocycles. The van der Waals surface area contributed by atoms with Crippen LogP contribution in [0.2, 0.25) is 0 Å². The van der Waals surface area contributed by atoms with Crippen LogP contribution >= 0.6 is 11.8 Å². The maximum atomic E-state index is 12.6. The van der Waals surface area contributed by atoms with Crippen molar-refractivity contribution < 1.29 is 74.2 Å². The largest absolute Gasteiger partial charge is 0.396 e. The summed E-state index contributed by atoms with van der Waals surface area (Å²) in [6.07, 6.45) is -14.0. The van der Waals surface area contributed by atoms with Crippen LogP contribution in [-0.4, -0.2) is 195 Å². The Labute approximate surface area is 330 Å². The van der Waals surface area contributed by atoms with E-state index in [2.05, 4.69) is 16.0 Å². The van der Waals surface area contributed by atoms with E-state index in [1.54, 1.807) is 25.6 Å². The topological polar surface area (TPSA) is 364 Å². The van der Waals surface area contributed by atoms with Crippen molar-refractivity contribution in [1.29, 1.82) is 0 Å². The fourth-order valence-electron chi connectivity index (χ4n) is 6.40. The maximum Gasteiger partial charge on any atom is 0.249 e.